The molecule has 0 unspecified atom stereocenters. The summed E-state index contributed by atoms with van der Waals surface area (Å²) < 4.78 is 38.4. The Bertz CT molecular complexity index is 570. The van der Waals surface area contributed by atoms with Gasteiger partial charge in [0.05, 0.1) is 0 Å². The van der Waals surface area contributed by atoms with Gasteiger partial charge in [0.25, 0.3) is 5.56 Å². The Labute approximate surface area is 110 Å². The van der Waals surface area contributed by atoms with Gasteiger partial charge in [0.2, 0.25) is 5.91 Å². The average molecular weight is 296 g/mol. The van der Waals surface area contributed by atoms with E-state index in [1.54, 1.807) is 0 Å². The lowest BCUT2D eigenvalue weighted by Gasteiger charge is -2.29. The maximum Gasteiger partial charge on any atom is 0.435 e. The van der Waals surface area contributed by atoms with Crippen molar-refractivity contribution in [3.8, 4) is 0 Å². The number of nitrogens with one attached hydrogen (secondary N) is 1. The Morgan fingerprint density at radius 3 is 2.68 bits per heavy atom. The number of hydrogen-bond acceptors (Lipinski definition) is 3. The number of rotatable bonds is 1. The predicted molar refractivity (Wildman–Crippen MR) is 59.7 cm³/mol. The quantitative estimate of drug-likeness (QED) is 0.783. The van der Waals surface area contributed by atoms with Crippen LogP contribution in [-0.4, -0.2) is 33.4 Å². The molecule has 0 saturated carbocycles. The summed E-state index contributed by atoms with van der Waals surface area (Å²) in [5, 5.41) is 4.89. The third kappa shape index (κ3) is 2.58. The largest absolute Gasteiger partial charge is 0.435 e. The van der Waals surface area contributed by atoms with Crippen molar-refractivity contribution >= 4 is 17.5 Å². The van der Waals surface area contributed by atoms with Crippen molar-refractivity contribution in [1.82, 2.24) is 15.1 Å². The Kier molecular flexibility index (Phi) is 3.53. The molecule has 2 heterocycles. The number of aromatic amines is 1. The summed E-state index contributed by atoms with van der Waals surface area (Å²) in [4.78, 5) is 24.1. The first kappa shape index (κ1) is 13.9. The summed E-state index contributed by atoms with van der Waals surface area (Å²) in [6, 6.07) is 0. The summed E-state index contributed by atoms with van der Waals surface area (Å²) in [7, 11) is 0. The lowest BCUT2D eigenvalue weighted by atomic mass is 10.00. The molecule has 19 heavy (non-hydrogen) atoms. The molecule has 0 atom stereocenters. The summed E-state index contributed by atoms with van der Waals surface area (Å²) >= 11 is 5.38. The number of H-pyrrole nitrogens is 1. The van der Waals surface area contributed by atoms with Crippen molar-refractivity contribution in [2.24, 2.45) is 0 Å². The monoisotopic (exact) mass is 295 g/mol. The Morgan fingerprint density at radius 1 is 1.42 bits per heavy atom. The summed E-state index contributed by atoms with van der Waals surface area (Å²) in [6.45, 7) is -0.129. The second-order valence-electron chi connectivity index (χ2n) is 4.06. The fourth-order valence-electron chi connectivity index (χ4n) is 2.00. The van der Waals surface area contributed by atoms with Crippen LogP contribution in [0.5, 0.6) is 0 Å². The topological polar surface area (TPSA) is 66.1 Å². The molecule has 2 rings (SSSR count). The van der Waals surface area contributed by atoms with E-state index in [4.69, 9.17) is 11.6 Å². The maximum atomic E-state index is 12.8. The second kappa shape index (κ2) is 4.84. The minimum absolute atomic E-state index is 0.0287. The van der Waals surface area contributed by atoms with Gasteiger partial charge in [-0.2, -0.15) is 18.3 Å². The molecular weight excluding hydrogens is 287 g/mol. The van der Waals surface area contributed by atoms with Gasteiger partial charge in [-0.15, -0.1) is 11.6 Å². The van der Waals surface area contributed by atoms with Crippen LogP contribution in [0, 0.1) is 0 Å². The number of halogens is 4. The molecule has 0 spiro atoms. The standard InChI is InChI=1S/C10H9ClF3N3O2/c11-3-7(18)17-2-1-5-6(4-17)8(10(12,13)14)15-16-9(5)19/h1-4H2,(H,16,19). The van der Waals surface area contributed by atoms with E-state index in [9.17, 15) is 22.8 Å². The van der Waals surface area contributed by atoms with Crippen molar-refractivity contribution in [3.63, 3.8) is 0 Å². The van der Waals surface area contributed by atoms with Crippen LogP contribution in [0.4, 0.5) is 13.2 Å². The SMILES string of the molecule is O=C(CCl)N1CCc2c(c(C(F)(F)F)n[nH]c2=O)C1. The summed E-state index contributed by atoms with van der Waals surface area (Å²) in [5.74, 6) is -0.784. The zero-order valence-corrected chi connectivity index (χ0v) is 10.3. The van der Waals surface area contributed by atoms with Gasteiger partial charge in [-0.25, -0.2) is 5.10 Å². The van der Waals surface area contributed by atoms with Crippen LogP contribution in [0.1, 0.15) is 16.8 Å². The van der Waals surface area contributed by atoms with Crippen LogP contribution in [0.3, 0.4) is 0 Å². The number of hydrogen-bond donors (Lipinski definition) is 1. The second-order valence-corrected chi connectivity index (χ2v) is 4.32. The number of alkyl halides is 4. The molecule has 5 nitrogen and oxygen atoms in total. The molecule has 1 N–H and O–H groups in total. The number of aromatic nitrogens is 2. The first-order valence-electron chi connectivity index (χ1n) is 5.36. The third-order valence-electron chi connectivity index (χ3n) is 2.91. The molecule has 1 aliphatic heterocycles. The highest BCUT2D eigenvalue weighted by Gasteiger charge is 2.39. The number of carbonyl (C=O) groups excluding carboxylic acids is 1. The van der Waals surface area contributed by atoms with Crippen LogP contribution in [0.15, 0.2) is 4.79 Å². The first-order chi connectivity index (χ1) is 8.84. The van der Waals surface area contributed by atoms with E-state index in [1.165, 1.54) is 4.90 Å². The van der Waals surface area contributed by atoms with Gasteiger partial charge in [-0.1, -0.05) is 0 Å². The number of nitrogens with zero attached hydrogens (tertiary/aromatic N) is 2. The van der Waals surface area contributed by atoms with E-state index in [1.807, 2.05) is 5.10 Å². The van der Waals surface area contributed by atoms with Gasteiger partial charge in [0, 0.05) is 24.2 Å². The molecule has 104 valence electrons. The van der Waals surface area contributed by atoms with Crippen molar-refractivity contribution in [1.29, 1.82) is 0 Å². The molecule has 0 radical (unpaired) electrons. The molecule has 0 aliphatic carbocycles. The van der Waals surface area contributed by atoms with Gasteiger partial charge in [-0.3, -0.25) is 9.59 Å². The zero-order chi connectivity index (χ0) is 14.2. The van der Waals surface area contributed by atoms with Crippen molar-refractivity contribution in [2.45, 2.75) is 19.1 Å². The third-order valence-corrected chi connectivity index (χ3v) is 3.14. The molecule has 0 aromatic carbocycles. The molecular formula is C10H9ClF3N3O2. The van der Waals surface area contributed by atoms with E-state index >= 15 is 0 Å². The van der Waals surface area contributed by atoms with Gasteiger partial charge in [-0.05, 0) is 6.42 Å². The lowest BCUT2D eigenvalue weighted by molar-refractivity contribution is -0.144. The number of fused-ring (bicyclic) bond motifs is 1. The molecule has 1 aliphatic rings. The van der Waals surface area contributed by atoms with Gasteiger partial charge in [0.15, 0.2) is 5.69 Å². The van der Waals surface area contributed by atoms with E-state index < -0.39 is 23.3 Å². The van der Waals surface area contributed by atoms with Crippen LogP contribution < -0.4 is 5.56 Å². The van der Waals surface area contributed by atoms with Gasteiger partial charge in [0.1, 0.15) is 5.88 Å². The molecule has 9 heteroatoms. The highest BCUT2D eigenvalue weighted by molar-refractivity contribution is 6.27. The molecule has 1 amide bonds. The van der Waals surface area contributed by atoms with Gasteiger partial charge < -0.3 is 4.90 Å². The Balaban J connectivity index is 2.49. The number of amides is 1. The average Bonchev–Trinajstić information content (AvgIpc) is 2.36. The maximum absolute atomic E-state index is 12.8. The fraction of sp³-hybridized carbons (Fsp3) is 0.500. The van der Waals surface area contributed by atoms with Crippen LogP contribution in [-0.2, 0) is 23.9 Å². The minimum atomic E-state index is -4.68. The van der Waals surface area contributed by atoms with E-state index in [-0.39, 0.29) is 36.5 Å². The molecule has 1 aromatic rings. The Morgan fingerprint density at radius 2 is 2.11 bits per heavy atom. The summed E-state index contributed by atoms with van der Waals surface area (Å²) in [6.07, 6.45) is -4.62. The van der Waals surface area contributed by atoms with Gasteiger partial charge >= 0.3 is 6.18 Å². The van der Waals surface area contributed by atoms with Crippen LogP contribution in [0.25, 0.3) is 0 Å². The minimum Gasteiger partial charge on any atom is -0.337 e. The zero-order valence-electron chi connectivity index (χ0n) is 9.55. The highest BCUT2D eigenvalue weighted by atomic mass is 35.5. The first-order valence-corrected chi connectivity index (χ1v) is 5.89. The molecule has 0 saturated heterocycles. The highest BCUT2D eigenvalue weighted by Crippen LogP contribution is 2.32. The normalized spacial score (nSPS) is 15.3. The van der Waals surface area contributed by atoms with E-state index in [0.29, 0.717) is 0 Å². The smallest absolute Gasteiger partial charge is 0.337 e. The number of carbonyl (C=O) groups is 1. The van der Waals surface area contributed by atoms with Crippen molar-refractivity contribution < 1.29 is 18.0 Å². The van der Waals surface area contributed by atoms with Crippen LogP contribution >= 0.6 is 11.6 Å². The fourth-order valence-corrected chi connectivity index (χ4v) is 2.17. The van der Waals surface area contributed by atoms with Crippen molar-refractivity contribution in [2.75, 3.05) is 12.4 Å². The molecule has 0 fully saturated rings. The Hall–Kier alpha value is -1.57. The lowest BCUT2D eigenvalue weighted by Crippen LogP contribution is -2.40. The van der Waals surface area contributed by atoms with Crippen LogP contribution in [0.2, 0.25) is 0 Å². The van der Waals surface area contributed by atoms with Crippen molar-refractivity contribution in [3.05, 3.63) is 27.2 Å². The molecule has 1 aromatic heterocycles. The van der Waals surface area contributed by atoms with E-state index in [2.05, 4.69) is 5.10 Å². The molecule has 0 bridgehead atoms. The van der Waals surface area contributed by atoms with E-state index in [0.717, 1.165) is 0 Å². The summed E-state index contributed by atoms with van der Waals surface area (Å²) in [5.41, 5.74) is -2.03. The predicted octanol–water partition coefficient (Wildman–Crippen LogP) is 0.912.